The van der Waals surface area contributed by atoms with Crippen LogP contribution in [0.5, 0.6) is 0 Å². The molecule has 28 heavy (non-hydrogen) atoms. The summed E-state index contributed by atoms with van der Waals surface area (Å²) in [6, 6.07) is 12.3. The lowest BCUT2D eigenvalue weighted by Crippen LogP contribution is -2.41. The molecule has 2 atom stereocenters. The standard InChI is InChI=1S/C23H30N4S/c28-23-25-21(19-13-6-7-15-24-19)22(27(23)18-11-2-1-3-12-18)20-14-8-16-26(20)17-9-4-5-10-17/h6-8,13-18,21-22H,1-5,9-12H2,(H,25,28)/t21-,22+/m1/s1. The highest BCUT2D eigenvalue weighted by Gasteiger charge is 2.44. The Morgan fingerprint density at radius 3 is 2.39 bits per heavy atom. The first-order valence-electron chi connectivity index (χ1n) is 11.0. The number of aromatic nitrogens is 2. The van der Waals surface area contributed by atoms with Gasteiger partial charge in [-0.1, -0.05) is 38.2 Å². The lowest BCUT2D eigenvalue weighted by molar-refractivity contribution is 0.189. The van der Waals surface area contributed by atoms with E-state index < -0.39 is 0 Å². The quantitative estimate of drug-likeness (QED) is 0.713. The van der Waals surface area contributed by atoms with Crippen LogP contribution in [-0.2, 0) is 0 Å². The number of nitrogens with zero attached hydrogens (tertiary/aromatic N) is 3. The average molecular weight is 395 g/mol. The lowest BCUT2D eigenvalue weighted by Gasteiger charge is -2.38. The highest BCUT2D eigenvalue weighted by atomic mass is 32.1. The molecule has 0 unspecified atom stereocenters. The predicted octanol–water partition coefficient (Wildman–Crippen LogP) is 5.30. The lowest BCUT2D eigenvalue weighted by atomic mass is 9.91. The average Bonchev–Trinajstić information content (AvgIpc) is 3.48. The molecule has 2 saturated carbocycles. The highest BCUT2D eigenvalue weighted by molar-refractivity contribution is 7.80. The molecule has 2 aliphatic carbocycles. The van der Waals surface area contributed by atoms with Crippen LogP contribution in [0, 0.1) is 0 Å². The van der Waals surface area contributed by atoms with E-state index in [-0.39, 0.29) is 12.1 Å². The molecule has 0 bridgehead atoms. The monoisotopic (exact) mass is 394 g/mol. The first-order valence-corrected chi connectivity index (χ1v) is 11.4. The Hall–Kier alpha value is -1.88. The molecule has 0 radical (unpaired) electrons. The molecule has 4 nitrogen and oxygen atoms in total. The van der Waals surface area contributed by atoms with Gasteiger partial charge in [-0.05, 0) is 62.2 Å². The second-order valence-electron chi connectivity index (χ2n) is 8.60. The number of rotatable bonds is 4. The number of nitrogens with one attached hydrogen (secondary N) is 1. The molecule has 3 aliphatic rings. The molecule has 3 heterocycles. The van der Waals surface area contributed by atoms with Gasteiger partial charge in [0.25, 0.3) is 0 Å². The van der Waals surface area contributed by atoms with Gasteiger partial charge >= 0.3 is 0 Å². The molecular weight excluding hydrogens is 364 g/mol. The van der Waals surface area contributed by atoms with Gasteiger partial charge in [0.15, 0.2) is 5.11 Å². The minimum Gasteiger partial charge on any atom is -0.352 e. The Balaban J connectivity index is 1.56. The first-order chi connectivity index (χ1) is 13.8. The summed E-state index contributed by atoms with van der Waals surface area (Å²) in [6.45, 7) is 0. The SMILES string of the molecule is S=C1N[C@H](c2ccccn2)[C@H](c2cccn2C2CCCC2)N1C1CCCCC1. The second kappa shape index (κ2) is 7.86. The van der Waals surface area contributed by atoms with Crippen molar-refractivity contribution in [2.24, 2.45) is 0 Å². The van der Waals surface area contributed by atoms with Crippen molar-refractivity contribution in [2.75, 3.05) is 0 Å². The summed E-state index contributed by atoms with van der Waals surface area (Å²) in [4.78, 5) is 7.24. The van der Waals surface area contributed by atoms with E-state index in [1.54, 1.807) is 0 Å². The van der Waals surface area contributed by atoms with Gasteiger partial charge in [-0.3, -0.25) is 4.98 Å². The summed E-state index contributed by atoms with van der Waals surface area (Å²) in [5.41, 5.74) is 2.49. The van der Waals surface area contributed by atoms with E-state index in [0.29, 0.717) is 12.1 Å². The van der Waals surface area contributed by atoms with Gasteiger partial charge in [0, 0.05) is 30.2 Å². The summed E-state index contributed by atoms with van der Waals surface area (Å²) in [7, 11) is 0. The van der Waals surface area contributed by atoms with Crippen molar-refractivity contribution in [2.45, 2.75) is 82.0 Å². The Kier molecular flexibility index (Phi) is 5.10. The topological polar surface area (TPSA) is 33.1 Å². The van der Waals surface area contributed by atoms with Crippen LogP contribution in [0.15, 0.2) is 42.7 Å². The number of thiocarbonyl (C=S) groups is 1. The van der Waals surface area contributed by atoms with Gasteiger partial charge in [0.1, 0.15) is 0 Å². The Morgan fingerprint density at radius 1 is 0.893 bits per heavy atom. The molecule has 0 amide bonds. The van der Waals surface area contributed by atoms with Crippen molar-refractivity contribution >= 4 is 17.3 Å². The molecule has 148 valence electrons. The highest BCUT2D eigenvalue weighted by Crippen LogP contribution is 2.44. The van der Waals surface area contributed by atoms with Gasteiger partial charge < -0.3 is 14.8 Å². The largest absolute Gasteiger partial charge is 0.352 e. The maximum Gasteiger partial charge on any atom is 0.170 e. The second-order valence-corrected chi connectivity index (χ2v) is 8.99. The fourth-order valence-corrected chi connectivity index (χ4v) is 6.00. The summed E-state index contributed by atoms with van der Waals surface area (Å²) in [5, 5.41) is 4.56. The van der Waals surface area contributed by atoms with Crippen molar-refractivity contribution in [3.8, 4) is 0 Å². The van der Waals surface area contributed by atoms with E-state index in [0.717, 1.165) is 10.8 Å². The Morgan fingerprint density at radius 2 is 1.64 bits per heavy atom. The minimum atomic E-state index is 0.116. The van der Waals surface area contributed by atoms with E-state index in [1.165, 1.54) is 63.5 Å². The molecule has 3 fully saturated rings. The van der Waals surface area contributed by atoms with E-state index in [4.69, 9.17) is 17.2 Å². The van der Waals surface area contributed by atoms with Crippen molar-refractivity contribution < 1.29 is 0 Å². The first kappa shape index (κ1) is 18.2. The summed E-state index contributed by atoms with van der Waals surface area (Å²) in [5.74, 6) is 0. The third kappa shape index (κ3) is 3.24. The van der Waals surface area contributed by atoms with E-state index in [1.807, 2.05) is 12.3 Å². The third-order valence-electron chi connectivity index (χ3n) is 6.94. The van der Waals surface area contributed by atoms with Crippen molar-refractivity contribution in [3.05, 3.63) is 54.1 Å². The van der Waals surface area contributed by atoms with Gasteiger partial charge in [0.05, 0.1) is 17.8 Å². The van der Waals surface area contributed by atoms with Gasteiger partial charge in [0.2, 0.25) is 0 Å². The van der Waals surface area contributed by atoms with Crippen molar-refractivity contribution in [3.63, 3.8) is 0 Å². The smallest absolute Gasteiger partial charge is 0.170 e. The zero-order valence-corrected chi connectivity index (χ0v) is 17.3. The van der Waals surface area contributed by atoms with Crippen LogP contribution in [-0.4, -0.2) is 25.6 Å². The fraction of sp³-hybridized carbons (Fsp3) is 0.565. The molecule has 2 aromatic heterocycles. The predicted molar refractivity (Wildman–Crippen MR) is 116 cm³/mol. The molecule has 0 aromatic carbocycles. The van der Waals surface area contributed by atoms with E-state index >= 15 is 0 Å². The number of pyridine rings is 1. The van der Waals surface area contributed by atoms with Crippen LogP contribution in [0.4, 0.5) is 0 Å². The van der Waals surface area contributed by atoms with Crippen LogP contribution in [0.2, 0.25) is 0 Å². The van der Waals surface area contributed by atoms with Crippen LogP contribution in [0.1, 0.15) is 87.3 Å². The minimum absolute atomic E-state index is 0.116. The summed E-state index contributed by atoms with van der Waals surface area (Å²) < 4.78 is 2.55. The van der Waals surface area contributed by atoms with Gasteiger partial charge in [-0.15, -0.1) is 0 Å². The van der Waals surface area contributed by atoms with E-state index in [9.17, 15) is 0 Å². The molecule has 5 heteroatoms. The Bertz CT molecular complexity index is 805. The zero-order chi connectivity index (χ0) is 18.9. The number of hydrogen-bond acceptors (Lipinski definition) is 2. The van der Waals surface area contributed by atoms with Gasteiger partial charge in [-0.25, -0.2) is 0 Å². The fourth-order valence-electron chi connectivity index (χ4n) is 5.61. The van der Waals surface area contributed by atoms with Crippen LogP contribution in [0.25, 0.3) is 0 Å². The van der Waals surface area contributed by atoms with Crippen LogP contribution >= 0.6 is 12.2 Å². The molecule has 1 N–H and O–H groups in total. The summed E-state index contributed by atoms with van der Waals surface area (Å²) in [6.07, 6.45) is 16.0. The zero-order valence-electron chi connectivity index (χ0n) is 16.5. The molecule has 0 spiro atoms. The maximum atomic E-state index is 5.91. The van der Waals surface area contributed by atoms with Crippen molar-refractivity contribution in [1.82, 2.24) is 19.8 Å². The molecular formula is C23H30N4S. The summed E-state index contributed by atoms with van der Waals surface area (Å²) >= 11 is 5.91. The number of hydrogen-bond donors (Lipinski definition) is 1. The molecule has 1 aliphatic heterocycles. The van der Waals surface area contributed by atoms with Crippen LogP contribution < -0.4 is 5.32 Å². The Labute approximate surface area is 173 Å². The van der Waals surface area contributed by atoms with Crippen LogP contribution in [0.3, 0.4) is 0 Å². The molecule has 5 rings (SSSR count). The molecule has 1 saturated heterocycles. The molecule has 2 aromatic rings. The van der Waals surface area contributed by atoms with Gasteiger partial charge in [-0.2, -0.15) is 0 Å². The maximum absolute atomic E-state index is 5.91. The normalized spacial score (nSPS) is 26.7. The third-order valence-corrected chi connectivity index (χ3v) is 7.26. The van der Waals surface area contributed by atoms with E-state index in [2.05, 4.69) is 45.2 Å². The van der Waals surface area contributed by atoms with Crippen molar-refractivity contribution in [1.29, 1.82) is 0 Å².